The summed E-state index contributed by atoms with van der Waals surface area (Å²) in [5.74, 6) is 0. The third-order valence-corrected chi connectivity index (χ3v) is 2.11. The molecule has 0 aromatic carbocycles. The number of rotatable bonds is 4. The van der Waals surface area contributed by atoms with Gasteiger partial charge in [-0.15, -0.1) is 0 Å². The first-order chi connectivity index (χ1) is 3.77. The highest BCUT2D eigenvalue weighted by atomic mass is 28.2. The van der Waals surface area contributed by atoms with Gasteiger partial charge in [-0.1, -0.05) is 0 Å². The van der Waals surface area contributed by atoms with Crippen molar-refractivity contribution in [2.24, 2.45) is 5.73 Å². The van der Waals surface area contributed by atoms with Gasteiger partial charge in [-0.2, -0.15) is 0 Å². The van der Waals surface area contributed by atoms with Crippen LogP contribution in [0.2, 0.25) is 6.04 Å². The summed E-state index contributed by atoms with van der Waals surface area (Å²) >= 11 is 0. The second kappa shape index (κ2) is 5.28. The molecule has 0 spiro atoms. The van der Waals surface area contributed by atoms with Gasteiger partial charge in [-0.25, -0.2) is 0 Å². The van der Waals surface area contributed by atoms with Crippen LogP contribution in [0.3, 0.4) is 0 Å². The summed E-state index contributed by atoms with van der Waals surface area (Å²) < 4.78 is 4.98. The molecule has 0 bridgehead atoms. The van der Waals surface area contributed by atoms with E-state index in [9.17, 15) is 0 Å². The number of nitrogens with two attached hydrogens (primary N) is 1. The van der Waals surface area contributed by atoms with E-state index in [0.29, 0.717) is 6.04 Å². The van der Waals surface area contributed by atoms with E-state index < -0.39 is 0 Å². The molecule has 0 saturated carbocycles. The summed E-state index contributed by atoms with van der Waals surface area (Å²) in [6.07, 6.45) is 1.13. The Bertz CT molecular complexity index is 49.7. The lowest BCUT2D eigenvalue weighted by atomic mass is 10.3. The molecule has 0 aromatic heterocycles. The summed E-state index contributed by atoms with van der Waals surface area (Å²) in [7, 11) is 1.57. The molecule has 2 nitrogen and oxygen atoms in total. The molecule has 0 aliphatic heterocycles. The van der Waals surface area contributed by atoms with E-state index in [1.54, 1.807) is 7.11 Å². The van der Waals surface area contributed by atoms with Gasteiger partial charge in [0, 0.05) is 13.2 Å². The molecule has 0 fully saturated rings. The van der Waals surface area contributed by atoms with Gasteiger partial charge < -0.3 is 10.2 Å². The molecule has 0 radical (unpaired) electrons. The quantitative estimate of drug-likeness (QED) is 0.428. The minimum absolute atomic E-state index is 0.201. The largest absolute Gasteiger partial charge is 0.427 e. The Morgan fingerprint density at radius 3 is 2.75 bits per heavy atom. The van der Waals surface area contributed by atoms with Gasteiger partial charge in [0.05, 0.1) is 0 Å². The van der Waals surface area contributed by atoms with Crippen molar-refractivity contribution in [1.82, 2.24) is 0 Å². The molecule has 0 heterocycles. The fourth-order valence-electron chi connectivity index (χ4n) is 0.550. The second-order valence-electron chi connectivity index (χ2n) is 2.11. The molecule has 8 heavy (non-hydrogen) atoms. The summed E-state index contributed by atoms with van der Waals surface area (Å²) in [4.78, 5) is 0. The van der Waals surface area contributed by atoms with Gasteiger partial charge >= 0.3 is 0 Å². The third kappa shape index (κ3) is 6.14. The van der Waals surface area contributed by atoms with Crippen LogP contribution in [0.25, 0.3) is 0 Å². The fourth-order valence-corrected chi connectivity index (χ4v) is 1.65. The van der Waals surface area contributed by atoms with Crippen molar-refractivity contribution in [2.75, 3.05) is 7.11 Å². The molecule has 3 heteroatoms. The highest BCUT2D eigenvalue weighted by Gasteiger charge is 1.91. The summed E-state index contributed by atoms with van der Waals surface area (Å²) in [5.41, 5.74) is 5.50. The zero-order chi connectivity index (χ0) is 6.41. The van der Waals surface area contributed by atoms with Crippen LogP contribution >= 0.6 is 0 Å². The van der Waals surface area contributed by atoms with Gasteiger partial charge in [0.1, 0.15) is 0 Å². The average molecular weight is 133 g/mol. The normalized spacial score (nSPS) is 15.4. The first-order valence-electron chi connectivity index (χ1n) is 3.02. The Morgan fingerprint density at radius 2 is 2.38 bits per heavy atom. The van der Waals surface area contributed by atoms with Crippen LogP contribution in [0, 0.1) is 0 Å². The standard InChI is InChI=1S/C5H15NOSi/c1-5(6)3-4-8-7-2/h5H,3-4,6,8H2,1-2H3. The van der Waals surface area contributed by atoms with Gasteiger partial charge in [0.2, 0.25) is 0 Å². The van der Waals surface area contributed by atoms with Crippen LogP contribution in [-0.2, 0) is 4.43 Å². The lowest BCUT2D eigenvalue weighted by Crippen LogP contribution is -2.15. The van der Waals surface area contributed by atoms with Crippen molar-refractivity contribution in [3.63, 3.8) is 0 Å². The maximum absolute atomic E-state index is 5.50. The molecule has 0 aromatic rings. The minimum atomic E-state index is -0.201. The van der Waals surface area contributed by atoms with Crippen molar-refractivity contribution in [3.8, 4) is 0 Å². The third-order valence-electron chi connectivity index (χ3n) is 1.01. The number of hydrogen-bond donors (Lipinski definition) is 1. The van der Waals surface area contributed by atoms with Gasteiger partial charge in [-0.3, -0.25) is 0 Å². The highest BCUT2D eigenvalue weighted by molar-refractivity contribution is 6.26. The molecule has 0 saturated heterocycles. The zero-order valence-corrected chi connectivity index (χ0v) is 7.10. The second-order valence-corrected chi connectivity index (χ2v) is 3.81. The van der Waals surface area contributed by atoms with Crippen LogP contribution < -0.4 is 5.73 Å². The smallest absolute Gasteiger partial charge is 0.161 e. The number of hydrogen-bond acceptors (Lipinski definition) is 2. The van der Waals surface area contributed by atoms with Crippen molar-refractivity contribution >= 4 is 9.76 Å². The van der Waals surface area contributed by atoms with Crippen LogP contribution in [-0.4, -0.2) is 22.9 Å². The lowest BCUT2D eigenvalue weighted by molar-refractivity contribution is 0.438. The van der Waals surface area contributed by atoms with E-state index in [4.69, 9.17) is 10.2 Å². The zero-order valence-electron chi connectivity index (χ0n) is 5.68. The van der Waals surface area contributed by atoms with Gasteiger partial charge in [0.25, 0.3) is 0 Å². The first kappa shape index (κ1) is 8.14. The maximum atomic E-state index is 5.50. The van der Waals surface area contributed by atoms with Crippen LogP contribution in [0.5, 0.6) is 0 Å². The van der Waals surface area contributed by atoms with Crippen LogP contribution in [0.1, 0.15) is 13.3 Å². The molecule has 1 unspecified atom stereocenters. The van der Waals surface area contributed by atoms with E-state index in [2.05, 4.69) is 0 Å². The summed E-state index contributed by atoms with van der Waals surface area (Å²) in [6, 6.07) is 1.58. The molecule has 1 atom stereocenters. The lowest BCUT2D eigenvalue weighted by Gasteiger charge is -2.01. The van der Waals surface area contributed by atoms with E-state index >= 15 is 0 Å². The van der Waals surface area contributed by atoms with Crippen molar-refractivity contribution < 1.29 is 4.43 Å². The Hall–Kier alpha value is 0.137. The van der Waals surface area contributed by atoms with Crippen LogP contribution in [0.4, 0.5) is 0 Å². The molecule has 50 valence electrons. The van der Waals surface area contributed by atoms with Crippen molar-refractivity contribution in [3.05, 3.63) is 0 Å². The van der Waals surface area contributed by atoms with Crippen molar-refractivity contribution in [1.29, 1.82) is 0 Å². The average Bonchev–Trinajstić information content (AvgIpc) is 1.66. The molecule has 0 rings (SSSR count). The predicted octanol–water partition coefficient (Wildman–Crippen LogP) is -0.128. The topological polar surface area (TPSA) is 35.2 Å². The predicted molar refractivity (Wildman–Crippen MR) is 38.6 cm³/mol. The fraction of sp³-hybridized carbons (Fsp3) is 1.00. The minimum Gasteiger partial charge on any atom is -0.427 e. The van der Waals surface area contributed by atoms with E-state index in [1.807, 2.05) is 6.92 Å². The highest BCUT2D eigenvalue weighted by Crippen LogP contribution is 1.91. The van der Waals surface area contributed by atoms with E-state index in [-0.39, 0.29) is 9.76 Å². The Morgan fingerprint density at radius 1 is 1.75 bits per heavy atom. The van der Waals surface area contributed by atoms with Crippen LogP contribution in [0.15, 0.2) is 0 Å². The van der Waals surface area contributed by atoms with Crippen molar-refractivity contribution in [2.45, 2.75) is 25.4 Å². The molecular weight excluding hydrogens is 118 g/mol. The molecular formula is C5H15NOSi. The SMILES string of the molecule is CO[SiH2]CCC(C)N. The van der Waals surface area contributed by atoms with Gasteiger partial charge in [-0.05, 0) is 19.4 Å². The first-order valence-corrected chi connectivity index (χ1v) is 4.59. The monoisotopic (exact) mass is 133 g/mol. The molecule has 2 N–H and O–H groups in total. The maximum Gasteiger partial charge on any atom is 0.161 e. The van der Waals surface area contributed by atoms with Gasteiger partial charge in [0.15, 0.2) is 9.76 Å². The summed E-state index contributed by atoms with van der Waals surface area (Å²) in [6.45, 7) is 2.03. The Balaban J connectivity index is 2.72. The Labute approximate surface area is 53.4 Å². The molecule has 0 aliphatic rings. The molecule has 0 amide bonds. The van der Waals surface area contributed by atoms with E-state index in [1.165, 1.54) is 6.04 Å². The Kier molecular flexibility index (Phi) is 5.37. The molecule has 0 aliphatic carbocycles. The van der Waals surface area contributed by atoms with E-state index in [0.717, 1.165) is 6.42 Å². The summed E-state index contributed by atoms with van der Waals surface area (Å²) in [5, 5.41) is 0.